The van der Waals surface area contributed by atoms with Crippen LogP contribution in [0.3, 0.4) is 0 Å². The number of carbonyl (C=O) groups excluding carboxylic acids is 1. The quantitative estimate of drug-likeness (QED) is 0.889. The average molecular weight is 360 g/mol. The number of hydrogen-bond acceptors (Lipinski definition) is 3. The number of carbonyl (C=O) groups is 2. The van der Waals surface area contributed by atoms with E-state index in [0.29, 0.717) is 23.9 Å². The number of rotatable bonds is 5. The van der Waals surface area contributed by atoms with Gasteiger partial charge in [0.2, 0.25) is 5.91 Å². The van der Waals surface area contributed by atoms with Crippen molar-refractivity contribution in [2.75, 3.05) is 13.1 Å². The van der Waals surface area contributed by atoms with E-state index in [2.05, 4.69) is 0 Å². The molecule has 3 rings (SSSR count). The lowest BCUT2D eigenvalue weighted by atomic mass is 10.1. The summed E-state index contributed by atoms with van der Waals surface area (Å²) in [5, 5.41) is 9.46. The molecule has 6 heteroatoms. The van der Waals surface area contributed by atoms with Crippen LogP contribution < -0.4 is 4.74 Å². The maximum absolute atomic E-state index is 12.4. The van der Waals surface area contributed by atoms with Crippen molar-refractivity contribution < 1.29 is 19.4 Å². The summed E-state index contributed by atoms with van der Waals surface area (Å²) < 4.78 is 5.89. The Morgan fingerprint density at radius 2 is 1.88 bits per heavy atom. The molecule has 0 bridgehead atoms. The minimum atomic E-state index is -0.975. The van der Waals surface area contributed by atoms with Gasteiger partial charge in [-0.25, -0.2) is 4.79 Å². The fourth-order valence-electron chi connectivity index (χ4n) is 2.82. The first-order valence-corrected chi connectivity index (χ1v) is 8.42. The van der Waals surface area contributed by atoms with E-state index in [1.807, 2.05) is 18.2 Å². The third-order valence-electron chi connectivity index (χ3n) is 4.18. The van der Waals surface area contributed by atoms with Crippen molar-refractivity contribution >= 4 is 23.5 Å². The Kier molecular flexibility index (Phi) is 5.24. The first-order chi connectivity index (χ1) is 12.0. The number of halogens is 1. The Balaban J connectivity index is 1.55. The van der Waals surface area contributed by atoms with Gasteiger partial charge in [-0.2, -0.15) is 0 Å². The predicted octanol–water partition coefficient (Wildman–Crippen LogP) is 3.26. The molecule has 2 aromatic carbocycles. The topological polar surface area (TPSA) is 66.8 Å². The van der Waals surface area contributed by atoms with Gasteiger partial charge < -0.3 is 14.7 Å². The summed E-state index contributed by atoms with van der Waals surface area (Å²) in [5.41, 5.74) is 1.01. The number of likely N-dealkylation sites (tertiary alicyclic amines) is 1. The Morgan fingerprint density at radius 3 is 2.56 bits per heavy atom. The second kappa shape index (κ2) is 7.57. The highest BCUT2D eigenvalue weighted by Crippen LogP contribution is 2.26. The van der Waals surface area contributed by atoms with E-state index in [1.54, 1.807) is 23.1 Å². The Hall–Kier alpha value is -2.53. The number of aromatic carboxylic acids is 1. The van der Waals surface area contributed by atoms with E-state index >= 15 is 0 Å². The van der Waals surface area contributed by atoms with E-state index in [1.165, 1.54) is 12.1 Å². The van der Waals surface area contributed by atoms with Crippen LogP contribution in [0.2, 0.25) is 5.02 Å². The molecule has 1 aliphatic heterocycles. The highest BCUT2D eigenvalue weighted by Gasteiger charge is 2.27. The summed E-state index contributed by atoms with van der Waals surface area (Å²) in [5.74, 6) is -0.335. The first kappa shape index (κ1) is 17.3. The van der Waals surface area contributed by atoms with Crippen molar-refractivity contribution in [1.29, 1.82) is 0 Å². The molecular formula is C19H18ClNO4. The molecule has 25 heavy (non-hydrogen) atoms. The monoisotopic (exact) mass is 359 g/mol. The van der Waals surface area contributed by atoms with Crippen LogP contribution in [0.25, 0.3) is 0 Å². The lowest BCUT2D eigenvalue weighted by molar-refractivity contribution is -0.129. The molecule has 1 atom stereocenters. The third kappa shape index (κ3) is 4.31. The summed E-state index contributed by atoms with van der Waals surface area (Å²) in [4.78, 5) is 25.1. The maximum atomic E-state index is 12.4. The molecule has 1 heterocycles. The SMILES string of the molecule is O=C(O)c1ccc(CC(=O)N2CCC(Oc3ccccc3Cl)C2)cc1. The van der Waals surface area contributed by atoms with Gasteiger partial charge in [0.1, 0.15) is 11.9 Å². The van der Waals surface area contributed by atoms with Gasteiger partial charge in [0.25, 0.3) is 0 Å². The number of benzene rings is 2. The van der Waals surface area contributed by atoms with Gasteiger partial charge in [-0.05, 0) is 29.8 Å². The summed E-state index contributed by atoms with van der Waals surface area (Å²) in [6, 6.07) is 13.7. The van der Waals surface area contributed by atoms with Crippen LogP contribution in [0.1, 0.15) is 22.3 Å². The van der Waals surface area contributed by atoms with Crippen LogP contribution in [0.15, 0.2) is 48.5 Å². The second-order valence-corrected chi connectivity index (χ2v) is 6.38. The highest BCUT2D eigenvalue weighted by atomic mass is 35.5. The Morgan fingerprint density at radius 1 is 1.16 bits per heavy atom. The molecule has 1 unspecified atom stereocenters. The molecule has 0 saturated carbocycles. The van der Waals surface area contributed by atoms with Gasteiger partial charge in [-0.1, -0.05) is 35.9 Å². The largest absolute Gasteiger partial charge is 0.487 e. The lowest BCUT2D eigenvalue weighted by Gasteiger charge is -2.18. The molecule has 0 radical (unpaired) electrons. The van der Waals surface area contributed by atoms with Crippen LogP contribution in [-0.2, 0) is 11.2 Å². The smallest absolute Gasteiger partial charge is 0.335 e. The number of amides is 1. The van der Waals surface area contributed by atoms with E-state index < -0.39 is 5.97 Å². The van der Waals surface area contributed by atoms with Gasteiger partial charge in [-0.3, -0.25) is 4.79 Å². The zero-order valence-corrected chi connectivity index (χ0v) is 14.3. The summed E-state index contributed by atoms with van der Waals surface area (Å²) in [6.07, 6.45) is 0.936. The van der Waals surface area contributed by atoms with Gasteiger partial charge in [0, 0.05) is 13.0 Å². The predicted molar refractivity (Wildman–Crippen MR) is 94.2 cm³/mol. The van der Waals surface area contributed by atoms with E-state index in [4.69, 9.17) is 21.4 Å². The Labute approximate surface area is 150 Å². The molecule has 2 aromatic rings. The molecule has 1 aliphatic rings. The first-order valence-electron chi connectivity index (χ1n) is 8.04. The zero-order chi connectivity index (χ0) is 17.8. The van der Waals surface area contributed by atoms with Crippen LogP contribution in [-0.4, -0.2) is 41.1 Å². The normalized spacial score (nSPS) is 16.7. The summed E-state index contributed by atoms with van der Waals surface area (Å²) in [6.45, 7) is 1.17. The van der Waals surface area contributed by atoms with E-state index in [9.17, 15) is 9.59 Å². The lowest BCUT2D eigenvalue weighted by Crippen LogP contribution is -2.32. The zero-order valence-electron chi connectivity index (χ0n) is 13.5. The Bertz CT molecular complexity index is 775. The number of carboxylic acid groups (broad SMARTS) is 1. The van der Waals surface area contributed by atoms with Crippen molar-refractivity contribution in [2.45, 2.75) is 18.9 Å². The molecule has 130 valence electrons. The van der Waals surface area contributed by atoms with Gasteiger partial charge >= 0.3 is 5.97 Å². The minimum absolute atomic E-state index is 0.00772. The van der Waals surface area contributed by atoms with Crippen molar-refractivity contribution in [3.05, 3.63) is 64.7 Å². The molecule has 1 fully saturated rings. The molecule has 0 aliphatic carbocycles. The number of ether oxygens (including phenoxy) is 1. The fourth-order valence-corrected chi connectivity index (χ4v) is 3.00. The van der Waals surface area contributed by atoms with Crippen molar-refractivity contribution in [3.63, 3.8) is 0 Å². The fraction of sp³-hybridized carbons (Fsp3) is 0.263. The maximum Gasteiger partial charge on any atom is 0.335 e. The number of nitrogens with zero attached hydrogens (tertiary/aromatic N) is 1. The molecular weight excluding hydrogens is 342 g/mol. The molecule has 1 amide bonds. The molecule has 1 saturated heterocycles. The van der Waals surface area contributed by atoms with Crippen LogP contribution >= 0.6 is 11.6 Å². The highest BCUT2D eigenvalue weighted by molar-refractivity contribution is 6.32. The van der Waals surface area contributed by atoms with E-state index in [-0.39, 0.29) is 24.0 Å². The standard InChI is InChI=1S/C19H18ClNO4/c20-16-3-1-2-4-17(16)25-15-9-10-21(12-15)18(22)11-13-5-7-14(8-6-13)19(23)24/h1-8,15H,9-12H2,(H,23,24). The van der Waals surface area contributed by atoms with Crippen LogP contribution in [0, 0.1) is 0 Å². The van der Waals surface area contributed by atoms with Crippen molar-refractivity contribution in [1.82, 2.24) is 4.90 Å². The number of carboxylic acids is 1. The average Bonchev–Trinajstić information content (AvgIpc) is 3.06. The van der Waals surface area contributed by atoms with Crippen molar-refractivity contribution in [2.24, 2.45) is 0 Å². The van der Waals surface area contributed by atoms with Gasteiger partial charge in [0.15, 0.2) is 0 Å². The molecule has 5 nitrogen and oxygen atoms in total. The minimum Gasteiger partial charge on any atom is -0.487 e. The van der Waals surface area contributed by atoms with Crippen LogP contribution in [0.4, 0.5) is 0 Å². The molecule has 0 aromatic heterocycles. The molecule has 1 N–H and O–H groups in total. The van der Waals surface area contributed by atoms with Gasteiger partial charge in [0.05, 0.1) is 23.6 Å². The number of hydrogen-bond donors (Lipinski definition) is 1. The molecule has 0 spiro atoms. The summed E-state index contributed by atoms with van der Waals surface area (Å²) >= 11 is 6.10. The second-order valence-electron chi connectivity index (χ2n) is 5.98. The third-order valence-corrected chi connectivity index (χ3v) is 4.50. The van der Waals surface area contributed by atoms with Crippen molar-refractivity contribution in [3.8, 4) is 5.75 Å². The van der Waals surface area contributed by atoms with E-state index in [0.717, 1.165) is 12.0 Å². The van der Waals surface area contributed by atoms with Crippen LogP contribution in [0.5, 0.6) is 5.75 Å². The summed E-state index contributed by atoms with van der Waals surface area (Å²) in [7, 11) is 0. The number of para-hydroxylation sites is 1. The van der Waals surface area contributed by atoms with Gasteiger partial charge in [-0.15, -0.1) is 0 Å².